The van der Waals surface area contributed by atoms with Gasteiger partial charge in [0.05, 0.1) is 17.8 Å². The average molecular weight is 434 g/mol. The van der Waals surface area contributed by atoms with Crippen molar-refractivity contribution in [2.45, 2.75) is 24.9 Å². The molecule has 1 aromatic carbocycles. The second-order valence-electron chi connectivity index (χ2n) is 6.97. The number of hydrogen-bond acceptors (Lipinski definition) is 7. The van der Waals surface area contributed by atoms with Crippen molar-refractivity contribution in [3.8, 4) is 0 Å². The van der Waals surface area contributed by atoms with Gasteiger partial charge >= 0.3 is 5.97 Å². The van der Waals surface area contributed by atoms with Crippen LogP contribution >= 0.6 is 0 Å². The van der Waals surface area contributed by atoms with Crippen LogP contribution in [0.4, 0.5) is 0 Å². The van der Waals surface area contributed by atoms with Gasteiger partial charge in [-0.05, 0) is 24.1 Å². The van der Waals surface area contributed by atoms with E-state index in [-0.39, 0.29) is 23.7 Å². The zero-order valence-corrected chi connectivity index (χ0v) is 16.9. The molecule has 10 heteroatoms. The van der Waals surface area contributed by atoms with E-state index in [1.54, 1.807) is 30.3 Å². The van der Waals surface area contributed by atoms with Crippen molar-refractivity contribution in [1.29, 1.82) is 0 Å². The molecule has 0 radical (unpaired) electrons. The monoisotopic (exact) mass is 434 g/mol. The fourth-order valence-electron chi connectivity index (χ4n) is 3.10. The van der Waals surface area contributed by atoms with Gasteiger partial charge < -0.3 is 19.8 Å². The molecule has 1 fully saturated rings. The van der Waals surface area contributed by atoms with Crippen molar-refractivity contribution in [3.05, 3.63) is 60.1 Å². The van der Waals surface area contributed by atoms with E-state index in [0.717, 1.165) is 5.56 Å². The fourth-order valence-corrected chi connectivity index (χ4v) is 4.77. The summed E-state index contributed by atoms with van der Waals surface area (Å²) in [4.78, 5) is 36.9. The molecular formula is C20H22N2O7S. The van der Waals surface area contributed by atoms with Gasteiger partial charge in [-0.2, -0.15) is 0 Å². The summed E-state index contributed by atoms with van der Waals surface area (Å²) in [6.45, 7) is -0.572. The summed E-state index contributed by atoms with van der Waals surface area (Å²) in [5.41, 5.74) is 0.791. The third-order valence-corrected chi connectivity index (χ3v) is 6.33. The molecule has 1 saturated heterocycles. The van der Waals surface area contributed by atoms with Gasteiger partial charge in [0.1, 0.15) is 6.04 Å². The quantitative estimate of drug-likeness (QED) is 0.577. The third kappa shape index (κ3) is 6.18. The van der Waals surface area contributed by atoms with E-state index < -0.39 is 46.3 Å². The molecule has 2 amide bonds. The Morgan fingerprint density at radius 2 is 1.90 bits per heavy atom. The summed E-state index contributed by atoms with van der Waals surface area (Å²) in [7, 11) is -3.13. The summed E-state index contributed by atoms with van der Waals surface area (Å²) < 4.78 is 33.0. The molecule has 2 atom stereocenters. The van der Waals surface area contributed by atoms with Crippen LogP contribution in [-0.2, 0) is 30.6 Å². The van der Waals surface area contributed by atoms with Crippen LogP contribution in [-0.4, -0.2) is 56.4 Å². The van der Waals surface area contributed by atoms with Gasteiger partial charge in [0.2, 0.25) is 0 Å². The van der Waals surface area contributed by atoms with Gasteiger partial charge in [-0.3, -0.25) is 9.59 Å². The van der Waals surface area contributed by atoms with Crippen molar-refractivity contribution in [2.24, 2.45) is 0 Å². The summed E-state index contributed by atoms with van der Waals surface area (Å²) >= 11 is 0. The molecule has 2 heterocycles. The molecule has 30 heavy (non-hydrogen) atoms. The summed E-state index contributed by atoms with van der Waals surface area (Å²) in [5.74, 6) is -2.02. The summed E-state index contributed by atoms with van der Waals surface area (Å²) in [5, 5.41) is 5.10. The number of carbonyl (C=O) groups is 3. The Kier molecular flexibility index (Phi) is 6.88. The van der Waals surface area contributed by atoms with E-state index in [4.69, 9.17) is 9.15 Å². The van der Waals surface area contributed by atoms with Crippen molar-refractivity contribution in [1.82, 2.24) is 10.6 Å². The molecule has 1 aromatic heterocycles. The van der Waals surface area contributed by atoms with Crippen molar-refractivity contribution in [3.63, 3.8) is 0 Å². The Labute approximate surface area is 173 Å². The van der Waals surface area contributed by atoms with E-state index in [0.29, 0.717) is 6.42 Å². The predicted octanol–water partition coefficient (Wildman–Crippen LogP) is 0.467. The highest BCUT2D eigenvalue weighted by Gasteiger charge is 2.30. The molecule has 0 bridgehead atoms. The summed E-state index contributed by atoms with van der Waals surface area (Å²) in [6, 6.07) is 10.5. The Morgan fingerprint density at radius 1 is 1.13 bits per heavy atom. The third-order valence-electron chi connectivity index (χ3n) is 4.56. The second kappa shape index (κ2) is 9.57. The van der Waals surface area contributed by atoms with Gasteiger partial charge in [0.25, 0.3) is 11.8 Å². The molecule has 9 nitrogen and oxygen atoms in total. The molecule has 2 N–H and O–H groups in total. The molecule has 160 valence electrons. The average Bonchev–Trinajstić information content (AvgIpc) is 3.36. The lowest BCUT2D eigenvalue weighted by molar-refractivity contribution is -0.150. The molecule has 0 spiro atoms. The zero-order valence-electron chi connectivity index (χ0n) is 16.1. The maximum atomic E-state index is 12.6. The number of sulfone groups is 1. The van der Waals surface area contributed by atoms with Crippen LogP contribution < -0.4 is 10.6 Å². The zero-order chi connectivity index (χ0) is 21.6. The minimum absolute atomic E-state index is 0.0235. The molecule has 1 unspecified atom stereocenters. The summed E-state index contributed by atoms with van der Waals surface area (Å²) in [6.07, 6.45) is 1.83. The van der Waals surface area contributed by atoms with Crippen molar-refractivity contribution < 1.29 is 32.0 Å². The number of amides is 2. The number of furan rings is 1. The number of benzene rings is 1. The Hall–Kier alpha value is -3.14. The van der Waals surface area contributed by atoms with E-state index in [9.17, 15) is 22.8 Å². The van der Waals surface area contributed by atoms with Crippen molar-refractivity contribution >= 4 is 27.6 Å². The highest BCUT2D eigenvalue weighted by atomic mass is 32.2. The van der Waals surface area contributed by atoms with Crippen LogP contribution in [0.15, 0.2) is 53.1 Å². The first-order valence-corrected chi connectivity index (χ1v) is 11.2. The van der Waals surface area contributed by atoms with Gasteiger partial charge in [0, 0.05) is 12.5 Å². The lowest BCUT2D eigenvalue weighted by atomic mass is 10.1. The molecule has 3 rings (SSSR count). The molecule has 2 aromatic rings. The van der Waals surface area contributed by atoms with Gasteiger partial charge in [0.15, 0.2) is 22.2 Å². The number of ether oxygens (including phenoxy) is 1. The Morgan fingerprint density at radius 3 is 2.53 bits per heavy atom. The van der Waals surface area contributed by atoms with Crippen LogP contribution in [0, 0.1) is 0 Å². The number of hydrogen-bond donors (Lipinski definition) is 2. The highest BCUT2D eigenvalue weighted by Crippen LogP contribution is 2.11. The number of esters is 1. The minimum Gasteiger partial charge on any atom is -0.459 e. The molecular weight excluding hydrogens is 412 g/mol. The first-order valence-electron chi connectivity index (χ1n) is 9.37. The topological polar surface area (TPSA) is 132 Å². The van der Waals surface area contributed by atoms with Crippen LogP contribution in [0.5, 0.6) is 0 Å². The Balaban J connectivity index is 1.58. The highest BCUT2D eigenvalue weighted by molar-refractivity contribution is 7.91. The van der Waals surface area contributed by atoms with E-state index in [1.165, 1.54) is 12.3 Å². The smallest absolute Gasteiger partial charge is 0.329 e. The van der Waals surface area contributed by atoms with E-state index >= 15 is 0 Å². The first kappa shape index (κ1) is 21.6. The Bertz CT molecular complexity index is 987. The van der Waals surface area contributed by atoms with Crippen LogP contribution in [0.2, 0.25) is 0 Å². The van der Waals surface area contributed by atoms with Gasteiger partial charge in [-0.15, -0.1) is 0 Å². The molecule has 1 aliphatic rings. The fraction of sp³-hybridized carbons (Fsp3) is 0.350. The van der Waals surface area contributed by atoms with Gasteiger partial charge in [-0.1, -0.05) is 30.3 Å². The minimum atomic E-state index is -3.13. The van der Waals surface area contributed by atoms with Crippen LogP contribution in [0.25, 0.3) is 0 Å². The standard InChI is InChI=1S/C20H22N2O7S/c23-18(21-15-8-10-30(26,27)13-15)12-29-20(25)16(11-14-5-2-1-3-6-14)22-19(24)17-7-4-9-28-17/h1-7,9,15-16H,8,10-13H2,(H,21,23)(H,22,24)/t15?,16-/m0/s1. The first-order chi connectivity index (χ1) is 14.3. The molecule has 0 aliphatic carbocycles. The largest absolute Gasteiger partial charge is 0.459 e. The SMILES string of the molecule is O=C(COC(=O)[C@H](Cc1ccccc1)NC(=O)c1ccco1)NC1CCS(=O)(=O)C1. The number of nitrogens with one attached hydrogen (secondary N) is 2. The van der Waals surface area contributed by atoms with E-state index in [2.05, 4.69) is 10.6 Å². The van der Waals surface area contributed by atoms with Crippen molar-refractivity contribution in [2.75, 3.05) is 18.1 Å². The van der Waals surface area contributed by atoms with Crippen LogP contribution in [0.3, 0.4) is 0 Å². The lowest BCUT2D eigenvalue weighted by Crippen LogP contribution is -2.45. The second-order valence-corrected chi connectivity index (χ2v) is 9.20. The molecule has 1 aliphatic heterocycles. The normalized spacial score (nSPS) is 18.3. The number of rotatable bonds is 8. The maximum absolute atomic E-state index is 12.6. The maximum Gasteiger partial charge on any atom is 0.329 e. The molecule has 0 saturated carbocycles. The lowest BCUT2D eigenvalue weighted by Gasteiger charge is -2.18. The predicted molar refractivity (Wildman–Crippen MR) is 106 cm³/mol. The van der Waals surface area contributed by atoms with Gasteiger partial charge in [-0.25, -0.2) is 13.2 Å². The number of carbonyl (C=O) groups excluding carboxylic acids is 3. The van der Waals surface area contributed by atoms with E-state index in [1.807, 2.05) is 6.07 Å². The van der Waals surface area contributed by atoms with Crippen LogP contribution in [0.1, 0.15) is 22.5 Å².